The number of fused-ring (bicyclic) bond motifs is 1. The van der Waals surface area contributed by atoms with Crippen LogP contribution in [0.3, 0.4) is 0 Å². The maximum absolute atomic E-state index is 12.9. The Bertz CT molecular complexity index is 991. The third-order valence-electron chi connectivity index (χ3n) is 6.23. The molecule has 3 unspecified atom stereocenters. The molecule has 1 saturated carbocycles. The maximum atomic E-state index is 12.9. The molecule has 182 valence electrons. The van der Waals surface area contributed by atoms with Crippen molar-refractivity contribution in [2.45, 2.75) is 63.2 Å². The van der Waals surface area contributed by atoms with Crippen molar-refractivity contribution in [2.24, 2.45) is 15.9 Å². The van der Waals surface area contributed by atoms with Gasteiger partial charge in [-0.05, 0) is 55.1 Å². The van der Waals surface area contributed by atoms with Gasteiger partial charge in [0.15, 0.2) is 0 Å². The van der Waals surface area contributed by atoms with E-state index < -0.39 is 12.6 Å². The first-order valence-corrected chi connectivity index (χ1v) is 12.5. The van der Waals surface area contributed by atoms with Crippen LogP contribution in [0, 0.1) is 5.92 Å². The van der Waals surface area contributed by atoms with Gasteiger partial charge in [0.1, 0.15) is 12.1 Å². The van der Waals surface area contributed by atoms with E-state index in [0.29, 0.717) is 22.5 Å². The van der Waals surface area contributed by atoms with Crippen molar-refractivity contribution in [3.8, 4) is 0 Å². The molecule has 4 aliphatic rings. The molecule has 9 heteroatoms. The summed E-state index contributed by atoms with van der Waals surface area (Å²) < 4.78 is 38.8. The van der Waals surface area contributed by atoms with Gasteiger partial charge in [-0.1, -0.05) is 42.1 Å². The molecule has 4 rings (SSSR count). The molecular weight excluding hydrogens is 461 g/mol. The number of halogens is 3. The van der Waals surface area contributed by atoms with E-state index in [4.69, 9.17) is 4.99 Å². The zero-order valence-corrected chi connectivity index (χ0v) is 19.7. The highest BCUT2D eigenvalue weighted by Gasteiger charge is 2.32. The lowest BCUT2D eigenvalue weighted by Gasteiger charge is -2.20. The molecule has 2 heterocycles. The number of amidine groups is 1. The number of nitrogens with one attached hydrogen (secondary N) is 2. The van der Waals surface area contributed by atoms with Crippen molar-refractivity contribution >= 4 is 30.2 Å². The first-order chi connectivity index (χ1) is 16.4. The number of carbonyl (C=O) groups excluding carboxylic acids is 1. The smallest absolute Gasteiger partial charge is 0.334 e. The molecule has 0 aromatic carbocycles. The van der Waals surface area contributed by atoms with Crippen molar-refractivity contribution in [3.05, 3.63) is 57.5 Å². The highest BCUT2D eigenvalue weighted by atomic mass is 32.2. The van der Waals surface area contributed by atoms with Crippen LogP contribution in [0.25, 0.3) is 0 Å². The zero-order chi connectivity index (χ0) is 24.0. The molecule has 1 fully saturated rings. The molecule has 3 atom stereocenters. The summed E-state index contributed by atoms with van der Waals surface area (Å²) in [6, 6.07) is 0.517. The fraction of sp³-hybridized carbons (Fsp3) is 0.480. The molecule has 2 bridgehead atoms. The second-order valence-corrected chi connectivity index (χ2v) is 10.0. The van der Waals surface area contributed by atoms with Crippen molar-refractivity contribution in [1.82, 2.24) is 10.6 Å². The summed E-state index contributed by atoms with van der Waals surface area (Å²) in [4.78, 5) is 20.4. The van der Waals surface area contributed by atoms with E-state index in [0.717, 1.165) is 63.1 Å². The van der Waals surface area contributed by atoms with Crippen molar-refractivity contribution in [3.63, 3.8) is 0 Å². The quantitative estimate of drug-likeness (QED) is 0.389. The third kappa shape index (κ3) is 7.30. The molecule has 0 saturated heterocycles. The van der Waals surface area contributed by atoms with E-state index in [9.17, 15) is 18.0 Å². The number of hydrogen-bond acceptors (Lipinski definition) is 5. The van der Waals surface area contributed by atoms with Crippen molar-refractivity contribution < 1.29 is 18.0 Å². The second kappa shape index (κ2) is 11.4. The van der Waals surface area contributed by atoms with Crippen LogP contribution < -0.4 is 10.6 Å². The Balaban J connectivity index is 1.34. The lowest BCUT2D eigenvalue weighted by molar-refractivity contribution is -0.125. The van der Waals surface area contributed by atoms with Gasteiger partial charge >= 0.3 is 6.18 Å². The number of hydrogen-bond donors (Lipinski definition) is 2. The Morgan fingerprint density at radius 3 is 2.88 bits per heavy atom. The summed E-state index contributed by atoms with van der Waals surface area (Å²) in [5, 5.41) is 7.32. The third-order valence-corrected chi connectivity index (χ3v) is 7.23. The molecule has 0 spiro atoms. The van der Waals surface area contributed by atoms with Gasteiger partial charge in [-0.25, -0.2) is 4.99 Å². The highest BCUT2D eigenvalue weighted by molar-refractivity contribution is 8.06. The monoisotopic (exact) mass is 490 g/mol. The molecule has 2 aliphatic heterocycles. The molecule has 0 aromatic heterocycles. The molecule has 34 heavy (non-hydrogen) atoms. The Hall–Kier alpha value is -2.39. The Kier molecular flexibility index (Phi) is 8.26. The van der Waals surface area contributed by atoms with E-state index in [-0.39, 0.29) is 16.9 Å². The number of thioether (sulfide) groups is 1. The first-order valence-electron chi connectivity index (χ1n) is 11.7. The SMILES string of the molecule is O=CC1=CCC=C(CNC2CCCC(N=C3NC=NC4=CC3C=C(CC(F)(F)F)S4)CC2)C=C1. The Morgan fingerprint density at radius 1 is 1.18 bits per heavy atom. The van der Waals surface area contributed by atoms with Gasteiger partial charge < -0.3 is 10.6 Å². The van der Waals surface area contributed by atoms with Crippen molar-refractivity contribution in [1.29, 1.82) is 0 Å². The van der Waals surface area contributed by atoms with Crippen molar-refractivity contribution in [2.75, 3.05) is 6.54 Å². The molecule has 2 aliphatic carbocycles. The van der Waals surface area contributed by atoms with E-state index >= 15 is 0 Å². The van der Waals surface area contributed by atoms with Crippen LogP contribution in [0.1, 0.15) is 44.9 Å². The predicted octanol–water partition coefficient (Wildman–Crippen LogP) is 5.36. The summed E-state index contributed by atoms with van der Waals surface area (Å²) in [5.74, 6) is 0.356. The molecule has 2 N–H and O–H groups in total. The molecule has 5 nitrogen and oxygen atoms in total. The summed E-state index contributed by atoms with van der Waals surface area (Å²) in [6.07, 6.45) is 14.4. The van der Waals surface area contributed by atoms with Gasteiger partial charge in [0.25, 0.3) is 0 Å². The topological polar surface area (TPSA) is 65.8 Å². The largest absolute Gasteiger partial charge is 0.393 e. The van der Waals surface area contributed by atoms with E-state index in [1.54, 1.807) is 6.08 Å². The number of carbonyl (C=O) groups is 1. The molecule has 0 radical (unpaired) electrons. The van der Waals surface area contributed by atoms with Crippen LogP contribution in [0.4, 0.5) is 13.2 Å². The summed E-state index contributed by atoms with van der Waals surface area (Å²) in [5.41, 5.74) is 1.88. The standard InChI is InChI=1S/C25H29F3N4OS/c26-25(27,28)13-22-11-19-12-23(34-22)30-16-31-24(19)32-21-6-2-5-20(9-10-21)29-14-17-3-1-4-18(15-33)8-7-17/h3-4,7-8,11-12,15-16,19-21,29H,1-2,5-6,9-10,13-14H2,(H,30,31,32). The average molecular weight is 491 g/mol. The van der Waals surface area contributed by atoms with Crippen LogP contribution in [0.15, 0.2) is 67.5 Å². The van der Waals surface area contributed by atoms with Gasteiger partial charge in [-0.3, -0.25) is 9.79 Å². The molecular formula is C25H29F3N4OS. The first kappa shape index (κ1) is 24.7. The molecule has 0 amide bonds. The minimum atomic E-state index is -4.24. The normalized spacial score (nSPS) is 28.6. The average Bonchev–Trinajstić information content (AvgIpc) is 3.21. The number of allylic oxidation sites excluding steroid dienone is 5. The van der Waals surface area contributed by atoms with Crippen LogP contribution in [-0.2, 0) is 4.79 Å². The zero-order valence-electron chi connectivity index (χ0n) is 18.9. The maximum Gasteiger partial charge on any atom is 0.393 e. The number of aldehydes is 1. The van der Waals surface area contributed by atoms with Gasteiger partial charge in [0.2, 0.25) is 0 Å². The van der Waals surface area contributed by atoms with Gasteiger partial charge in [-0.2, -0.15) is 13.2 Å². The summed E-state index contributed by atoms with van der Waals surface area (Å²) in [6.45, 7) is 0.762. The number of alkyl halides is 3. The van der Waals surface area contributed by atoms with Gasteiger partial charge in [0, 0.05) is 18.2 Å². The van der Waals surface area contributed by atoms with Gasteiger partial charge in [-0.15, -0.1) is 0 Å². The van der Waals surface area contributed by atoms with Crippen LogP contribution in [0.2, 0.25) is 0 Å². The number of rotatable bonds is 6. The number of nitrogens with zero attached hydrogens (tertiary/aromatic N) is 2. The minimum Gasteiger partial charge on any atom is -0.334 e. The Labute approximate surface area is 202 Å². The van der Waals surface area contributed by atoms with Crippen LogP contribution >= 0.6 is 11.8 Å². The van der Waals surface area contributed by atoms with E-state index in [2.05, 4.69) is 21.7 Å². The minimum absolute atomic E-state index is 0.128. The van der Waals surface area contributed by atoms with E-state index in [1.165, 1.54) is 11.9 Å². The lowest BCUT2D eigenvalue weighted by atomic mass is 10.0. The fourth-order valence-corrected chi connectivity index (χ4v) is 5.52. The highest BCUT2D eigenvalue weighted by Crippen LogP contribution is 2.40. The van der Waals surface area contributed by atoms with Crippen LogP contribution in [0.5, 0.6) is 0 Å². The Morgan fingerprint density at radius 2 is 2.06 bits per heavy atom. The number of aliphatic imine (C=N–C) groups is 2. The van der Waals surface area contributed by atoms with Crippen LogP contribution in [-0.4, -0.2) is 43.3 Å². The second-order valence-electron chi connectivity index (χ2n) is 8.88. The van der Waals surface area contributed by atoms with Gasteiger partial charge in [0.05, 0.1) is 29.7 Å². The fourth-order valence-electron chi connectivity index (χ4n) is 4.48. The lowest BCUT2D eigenvalue weighted by Crippen LogP contribution is -2.31. The summed E-state index contributed by atoms with van der Waals surface area (Å²) >= 11 is 1.07. The predicted molar refractivity (Wildman–Crippen MR) is 132 cm³/mol. The van der Waals surface area contributed by atoms with E-state index in [1.807, 2.05) is 24.3 Å². The summed E-state index contributed by atoms with van der Waals surface area (Å²) in [7, 11) is 0. The molecule has 0 aromatic rings.